The van der Waals surface area contributed by atoms with Crippen LogP contribution in [0, 0.1) is 5.82 Å². The maximum absolute atomic E-state index is 13.7. The van der Waals surface area contributed by atoms with Crippen molar-refractivity contribution in [2.24, 2.45) is 7.05 Å². The van der Waals surface area contributed by atoms with Gasteiger partial charge in [0.2, 0.25) is 6.79 Å². The summed E-state index contributed by atoms with van der Waals surface area (Å²) in [6, 6.07) is 10.9. The number of aromatic nitrogens is 2. The number of aryl methyl sites for hydroxylation is 1. The molecule has 1 amide bonds. The zero-order valence-corrected chi connectivity index (χ0v) is 14.7. The molecule has 0 radical (unpaired) electrons. The Labute approximate surface area is 154 Å². The minimum atomic E-state index is -0.404. The molecule has 3 aromatic rings. The van der Waals surface area contributed by atoms with E-state index < -0.39 is 11.7 Å². The van der Waals surface area contributed by atoms with Gasteiger partial charge in [-0.1, -0.05) is 0 Å². The number of nitrogens with one attached hydrogen (secondary N) is 1. The Morgan fingerprint density at radius 1 is 1.19 bits per heavy atom. The lowest BCUT2D eigenvalue weighted by molar-refractivity contribution is 0.102. The van der Waals surface area contributed by atoms with E-state index in [4.69, 9.17) is 14.2 Å². The standard InChI is InChI=1S/C19H16FN3O4/c1-23-15(13-7-11(20)3-5-16(13)25-2)9-14(22-23)19(24)21-12-4-6-17-18(8-12)27-10-26-17/h3-9H,10H2,1-2H3,(H,21,24). The van der Waals surface area contributed by atoms with Crippen molar-refractivity contribution in [2.45, 2.75) is 0 Å². The molecule has 0 bridgehead atoms. The molecule has 4 rings (SSSR count). The van der Waals surface area contributed by atoms with Gasteiger partial charge in [-0.15, -0.1) is 0 Å². The van der Waals surface area contributed by atoms with Gasteiger partial charge in [-0.25, -0.2) is 4.39 Å². The lowest BCUT2D eigenvalue weighted by Crippen LogP contribution is -2.12. The zero-order valence-electron chi connectivity index (χ0n) is 14.7. The van der Waals surface area contributed by atoms with Gasteiger partial charge in [0.05, 0.1) is 12.8 Å². The van der Waals surface area contributed by atoms with Crippen molar-refractivity contribution in [3.8, 4) is 28.5 Å². The quantitative estimate of drug-likeness (QED) is 0.764. The number of rotatable bonds is 4. The monoisotopic (exact) mass is 369 g/mol. The lowest BCUT2D eigenvalue weighted by Gasteiger charge is -2.08. The average molecular weight is 369 g/mol. The van der Waals surface area contributed by atoms with Crippen LogP contribution in [0.25, 0.3) is 11.3 Å². The third kappa shape index (κ3) is 3.17. The highest BCUT2D eigenvalue weighted by Crippen LogP contribution is 2.34. The van der Waals surface area contributed by atoms with Crippen LogP contribution < -0.4 is 19.5 Å². The number of amides is 1. The first-order chi connectivity index (χ1) is 13.0. The summed E-state index contributed by atoms with van der Waals surface area (Å²) in [5, 5.41) is 7.00. The van der Waals surface area contributed by atoms with Crippen LogP contribution in [0.15, 0.2) is 42.5 Å². The molecule has 0 saturated heterocycles. The molecule has 0 aliphatic carbocycles. The molecule has 0 atom stereocenters. The van der Waals surface area contributed by atoms with Crippen LogP contribution in [0.3, 0.4) is 0 Å². The number of carbonyl (C=O) groups is 1. The van der Waals surface area contributed by atoms with Crippen LogP contribution in [-0.2, 0) is 7.05 Å². The van der Waals surface area contributed by atoms with Crippen LogP contribution in [-0.4, -0.2) is 29.6 Å². The molecule has 2 heterocycles. The summed E-state index contributed by atoms with van der Waals surface area (Å²) in [6.45, 7) is 0.159. The van der Waals surface area contributed by atoms with Crippen molar-refractivity contribution in [3.63, 3.8) is 0 Å². The topological polar surface area (TPSA) is 74.6 Å². The normalized spacial score (nSPS) is 12.1. The predicted octanol–water partition coefficient (Wildman–Crippen LogP) is 3.22. The molecule has 0 fully saturated rings. The van der Waals surface area contributed by atoms with Gasteiger partial charge >= 0.3 is 0 Å². The van der Waals surface area contributed by atoms with Crippen molar-refractivity contribution in [1.29, 1.82) is 0 Å². The molecule has 2 aromatic carbocycles. The van der Waals surface area contributed by atoms with Crippen molar-refractivity contribution in [3.05, 3.63) is 54.0 Å². The number of ether oxygens (including phenoxy) is 3. The zero-order chi connectivity index (χ0) is 19.0. The highest BCUT2D eigenvalue weighted by Gasteiger charge is 2.19. The highest BCUT2D eigenvalue weighted by atomic mass is 19.1. The van der Waals surface area contributed by atoms with Crippen LogP contribution >= 0.6 is 0 Å². The van der Waals surface area contributed by atoms with E-state index in [0.29, 0.717) is 34.2 Å². The number of anilines is 1. The second kappa shape index (κ2) is 6.64. The van der Waals surface area contributed by atoms with E-state index in [1.807, 2.05) is 0 Å². The maximum Gasteiger partial charge on any atom is 0.276 e. The van der Waals surface area contributed by atoms with E-state index in [1.54, 1.807) is 31.3 Å². The Morgan fingerprint density at radius 2 is 2.00 bits per heavy atom. The SMILES string of the molecule is COc1ccc(F)cc1-c1cc(C(=O)Nc2ccc3c(c2)OCO3)nn1C. The minimum absolute atomic E-state index is 0.159. The highest BCUT2D eigenvalue weighted by molar-refractivity contribution is 6.03. The van der Waals surface area contributed by atoms with Crippen LogP contribution in [0.5, 0.6) is 17.2 Å². The molecular formula is C19H16FN3O4. The van der Waals surface area contributed by atoms with Crippen LogP contribution in [0.2, 0.25) is 0 Å². The summed E-state index contributed by atoms with van der Waals surface area (Å²) in [5.74, 6) is 0.886. The first-order valence-corrected chi connectivity index (χ1v) is 8.14. The minimum Gasteiger partial charge on any atom is -0.496 e. The molecule has 0 spiro atoms. The third-order valence-corrected chi connectivity index (χ3v) is 4.18. The van der Waals surface area contributed by atoms with Gasteiger partial charge in [0.1, 0.15) is 11.6 Å². The second-order valence-electron chi connectivity index (χ2n) is 5.91. The van der Waals surface area contributed by atoms with Gasteiger partial charge < -0.3 is 19.5 Å². The van der Waals surface area contributed by atoms with Gasteiger partial charge in [0.15, 0.2) is 17.2 Å². The van der Waals surface area contributed by atoms with Crippen LogP contribution in [0.1, 0.15) is 10.5 Å². The van der Waals surface area contributed by atoms with Crippen LogP contribution in [0.4, 0.5) is 10.1 Å². The van der Waals surface area contributed by atoms with Gasteiger partial charge in [-0.3, -0.25) is 9.48 Å². The van der Waals surface area contributed by atoms with Crippen molar-refractivity contribution >= 4 is 11.6 Å². The van der Waals surface area contributed by atoms with Crippen molar-refractivity contribution in [1.82, 2.24) is 9.78 Å². The van der Waals surface area contributed by atoms with E-state index in [1.165, 1.54) is 30.0 Å². The number of halogens is 1. The first-order valence-electron chi connectivity index (χ1n) is 8.14. The Balaban J connectivity index is 1.61. The van der Waals surface area contributed by atoms with E-state index in [-0.39, 0.29) is 12.5 Å². The molecule has 0 unspecified atom stereocenters. The Morgan fingerprint density at radius 3 is 2.81 bits per heavy atom. The smallest absolute Gasteiger partial charge is 0.276 e. The Kier molecular flexibility index (Phi) is 4.15. The molecule has 1 aromatic heterocycles. The summed E-state index contributed by atoms with van der Waals surface area (Å²) >= 11 is 0. The number of fused-ring (bicyclic) bond motifs is 1. The van der Waals surface area contributed by atoms with E-state index >= 15 is 0 Å². The first kappa shape index (κ1) is 16.9. The largest absolute Gasteiger partial charge is 0.496 e. The molecule has 138 valence electrons. The number of hydrogen-bond donors (Lipinski definition) is 1. The fourth-order valence-corrected chi connectivity index (χ4v) is 2.88. The lowest BCUT2D eigenvalue weighted by atomic mass is 10.1. The number of methoxy groups -OCH3 is 1. The fourth-order valence-electron chi connectivity index (χ4n) is 2.88. The van der Waals surface area contributed by atoms with Gasteiger partial charge in [-0.05, 0) is 36.4 Å². The Hall–Kier alpha value is -3.55. The van der Waals surface area contributed by atoms with Gasteiger partial charge in [0, 0.05) is 24.4 Å². The maximum atomic E-state index is 13.7. The molecule has 7 nitrogen and oxygen atoms in total. The predicted molar refractivity (Wildman–Crippen MR) is 95.7 cm³/mol. The second-order valence-corrected chi connectivity index (χ2v) is 5.91. The van der Waals surface area contributed by atoms with E-state index in [0.717, 1.165) is 0 Å². The van der Waals surface area contributed by atoms with Gasteiger partial charge in [0.25, 0.3) is 5.91 Å². The summed E-state index contributed by atoms with van der Waals surface area (Å²) in [4.78, 5) is 12.6. The van der Waals surface area contributed by atoms with Crippen molar-refractivity contribution in [2.75, 3.05) is 19.2 Å². The number of hydrogen-bond acceptors (Lipinski definition) is 5. The van der Waals surface area contributed by atoms with Gasteiger partial charge in [-0.2, -0.15) is 5.10 Å². The Bertz CT molecular complexity index is 1030. The number of nitrogens with zero attached hydrogens (tertiary/aromatic N) is 2. The molecule has 1 aliphatic heterocycles. The molecule has 27 heavy (non-hydrogen) atoms. The third-order valence-electron chi connectivity index (χ3n) is 4.18. The molecule has 0 saturated carbocycles. The summed E-state index contributed by atoms with van der Waals surface area (Å²) in [6.07, 6.45) is 0. The summed E-state index contributed by atoms with van der Waals surface area (Å²) in [7, 11) is 3.18. The molecule has 8 heteroatoms. The van der Waals surface area contributed by atoms with E-state index in [2.05, 4.69) is 10.4 Å². The summed E-state index contributed by atoms with van der Waals surface area (Å²) in [5.41, 5.74) is 1.81. The molecule has 1 N–H and O–H groups in total. The fraction of sp³-hybridized carbons (Fsp3) is 0.158. The van der Waals surface area contributed by atoms with E-state index in [9.17, 15) is 9.18 Å². The van der Waals surface area contributed by atoms with Crippen molar-refractivity contribution < 1.29 is 23.4 Å². The summed E-state index contributed by atoms with van der Waals surface area (Å²) < 4.78 is 31.0. The molecular weight excluding hydrogens is 353 g/mol. The number of carbonyl (C=O) groups excluding carboxylic acids is 1. The molecule has 1 aliphatic rings. The average Bonchev–Trinajstić information content (AvgIpc) is 3.27. The number of benzene rings is 2.